The van der Waals surface area contributed by atoms with E-state index in [-0.39, 0.29) is 11.5 Å². The number of aromatic nitrogens is 1. The van der Waals surface area contributed by atoms with Crippen molar-refractivity contribution in [2.45, 2.75) is 6.54 Å². The number of nitrogens with zero attached hydrogens (tertiary/aromatic N) is 1. The highest BCUT2D eigenvalue weighted by atomic mass is 32.1. The second-order valence-electron chi connectivity index (χ2n) is 4.58. The summed E-state index contributed by atoms with van der Waals surface area (Å²) < 4.78 is 2.56. The molecule has 1 amide bonds. The lowest BCUT2D eigenvalue weighted by molar-refractivity contribution is 0.0952. The van der Waals surface area contributed by atoms with E-state index in [0.717, 1.165) is 10.3 Å². The third-order valence-electron chi connectivity index (χ3n) is 3.33. The van der Waals surface area contributed by atoms with Crippen molar-refractivity contribution in [1.29, 1.82) is 0 Å². The highest BCUT2D eigenvalue weighted by Gasteiger charge is 2.11. The minimum Gasteiger partial charge on any atom is -0.310 e. The van der Waals surface area contributed by atoms with Gasteiger partial charge in [0.25, 0.3) is 11.5 Å². The van der Waals surface area contributed by atoms with E-state index in [1.807, 2.05) is 29.6 Å². The number of hydrogen-bond donors (Lipinski definition) is 2. The molecular formula is C15H13N3O2S. The molecule has 1 aromatic carbocycles. The number of hydrogen-bond acceptors (Lipinski definition) is 4. The van der Waals surface area contributed by atoms with Gasteiger partial charge in [0.15, 0.2) is 0 Å². The van der Waals surface area contributed by atoms with Gasteiger partial charge in [-0.15, -0.1) is 11.3 Å². The first kappa shape index (κ1) is 13.5. The van der Waals surface area contributed by atoms with E-state index in [0.29, 0.717) is 17.5 Å². The Hall–Kier alpha value is -2.44. The summed E-state index contributed by atoms with van der Waals surface area (Å²) in [5.41, 5.74) is 3.28. The van der Waals surface area contributed by atoms with Crippen molar-refractivity contribution in [3.8, 4) is 0 Å². The first-order valence-electron chi connectivity index (χ1n) is 6.36. The number of carbonyl (C=O) groups is 1. The lowest BCUT2D eigenvalue weighted by Crippen LogP contribution is -2.31. The number of pyridine rings is 1. The van der Waals surface area contributed by atoms with Crippen molar-refractivity contribution < 1.29 is 4.79 Å². The van der Waals surface area contributed by atoms with Gasteiger partial charge in [-0.2, -0.15) is 0 Å². The van der Waals surface area contributed by atoms with Crippen molar-refractivity contribution in [2.75, 3.05) is 0 Å². The molecule has 0 spiro atoms. The van der Waals surface area contributed by atoms with Crippen LogP contribution in [0.2, 0.25) is 0 Å². The molecule has 3 N–H and O–H groups in total. The third-order valence-corrected chi connectivity index (χ3v) is 4.21. The van der Waals surface area contributed by atoms with E-state index in [2.05, 4.69) is 5.43 Å². The van der Waals surface area contributed by atoms with E-state index in [1.54, 1.807) is 22.9 Å². The molecular weight excluding hydrogens is 286 g/mol. The summed E-state index contributed by atoms with van der Waals surface area (Å²) in [6, 6.07) is 10.8. The predicted molar refractivity (Wildman–Crippen MR) is 83.3 cm³/mol. The average molecular weight is 299 g/mol. The molecule has 106 valence electrons. The van der Waals surface area contributed by atoms with E-state index in [1.165, 1.54) is 11.3 Å². The van der Waals surface area contributed by atoms with Gasteiger partial charge in [0.1, 0.15) is 0 Å². The SMILES string of the molecule is NNC(=O)c1ccccc1Cn1ccc2sccc2c1=O. The van der Waals surface area contributed by atoms with Gasteiger partial charge in [0.05, 0.1) is 11.9 Å². The van der Waals surface area contributed by atoms with Crippen molar-refractivity contribution in [2.24, 2.45) is 5.84 Å². The molecule has 0 bridgehead atoms. The minimum atomic E-state index is -0.365. The van der Waals surface area contributed by atoms with Gasteiger partial charge < -0.3 is 4.57 Å². The molecule has 0 saturated heterocycles. The van der Waals surface area contributed by atoms with Crippen LogP contribution in [0.1, 0.15) is 15.9 Å². The van der Waals surface area contributed by atoms with Crippen molar-refractivity contribution >= 4 is 27.3 Å². The van der Waals surface area contributed by atoms with Crippen LogP contribution in [0.3, 0.4) is 0 Å². The zero-order chi connectivity index (χ0) is 14.8. The van der Waals surface area contributed by atoms with Crippen LogP contribution in [0.5, 0.6) is 0 Å². The molecule has 0 radical (unpaired) electrons. The molecule has 21 heavy (non-hydrogen) atoms. The smallest absolute Gasteiger partial charge is 0.265 e. The molecule has 3 rings (SSSR count). The van der Waals surface area contributed by atoms with Crippen LogP contribution in [0.15, 0.2) is 52.8 Å². The standard InChI is InChI=1S/C15H13N3O2S/c16-17-14(19)11-4-2-1-3-10(11)9-18-7-5-13-12(15(18)20)6-8-21-13/h1-8H,9,16H2,(H,17,19). The lowest BCUT2D eigenvalue weighted by Gasteiger charge is -2.10. The van der Waals surface area contributed by atoms with Crippen LogP contribution >= 0.6 is 11.3 Å². The summed E-state index contributed by atoms with van der Waals surface area (Å²) >= 11 is 1.53. The number of amides is 1. The van der Waals surface area contributed by atoms with Gasteiger partial charge >= 0.3 is 0 Å². The fraction of sp³-hybridized carbons (Fsp3) is 0.0667. The lowest BCUT2D eigenvalue weighted by atomic mass is 10.1. The third kappa shape index (κ3) is 2.46. The highest BCUT2D eigenvalue weighted by Crippen LogP contribution is 2.17. The van der Waals surface area contributed by atoms with E-state index >= 15 is 0 Å². The van der Waals surface area contributed by atoms with Gasteiger partial charge in [-0.3, -0.25) is 15.0 Å². The number of rotatable bonds is 3. The summed E-state index contributed by atoms with van der Waals surface area (Å²) in [5.74, 6) is 4.82. The van der Waals surface area contributed by atoms with Gasteiger partial charge in [0, 0.05) is 16.5 Å². The minimum absolute atomic E-state index is 0.0586. The fourth-order valence-corrected chi connectivity index (χ4v) is 3.04. The number of carbonyl (C=O) groups excluding carboxylic acids is 1. The number of nitrogens with two attached hydrogens (primary N) is 1. The molecule has 5 nitrogen and oxygen atoms in total. The van der Waals surface area contributed by atoms with Crippen LogP contribution in [-0.2, 0) is 6.54 Å². The Kier molecular flexibility index (Phi) is 3.55. The number of thiophene rings is 1. The number of nitrogens with one attached hydrogen (secondary N) is 1. The first-order chi connectivity index (χ1) is 10.2. The van der Waals surface area contributed by atoms with Gasteiger partial charge in [-0.1, -0.05) is 18.2 Å². The van der Waals surface area contributed by atoms with Crippen LogP contribution in [0, 0.1) is 0 Å². The maximum Gasteiger partial charge on any atom is 0.265 e. The molecule has 0 aliphatic carbocycles. The van der Waals surface area contributed by atoms with Gasteiger partial charge in [-0.25, -0.2) is 5.84 Å². The molecule has 2 aromatic heterocycles. The van der Waals surface area contributed by atoms with Crippen LogP contribution in [0.25, 0.3) is 10.1 Å². The molecule has 6 heteroatoms. The Balaban J connectivity index is 2.05. The number of nitrogen functional groups attached to an aromatic ring is 1. The fourth-order valence-electron chi connectivity index (χ4n) is 2.27. The first-order valence-corrected chi connectivity index (χ1v) is 7.24. The van der Waals surface area contributed by atoms with Crippen LogP contribution < -0.4 is 16.8 Å². The van der Waals surface area contributed by atoms with Gasteiger partial charge in [0.2, 0.25) is 0 Å². The van der Waals surface area contributed by atoms with E-state index in [9.17, 15) is 9.59 Å². The normalized spacial score (nSPS) is 10.7. The van der Waals surface area contributed by atoms with E-state index in [4.69, 9.17) is 5.84 Å². The Labute approximate surface area is 124 Å². The summed E-state index contributed by atoms with van der Waals surface area (Å²) in [6.45, 7) is 0.328. The maximum atomic E-state index is 12.4. The maximum absolute atomic E-state index is 12.4. The molecule has 0 unspecified atom stereocenters. The predicted octanol–water partition coefficient (Wildman–Crippen LogP) is 1.71. The molecule has 0 atom stereocenters. The Morgan fingerprint density at radius 3 is 2.86 bits per heavy atom. The summed E-state index contributed by atoms with van der Waals surface area (Å²) in [5, 5.41) is 2.59. The van der Waals surface area contributed by atoms with Crippen molar-refractivity contribution in [3.05, 3.63) is 69.5 Å². The van der Waals surface area contributed by atoms with Crippen LogP contribution in [-0.4, -0.2) is 10.5 Å². The monoisotopic (exact) mass is 299 g/mol. The Morgan fingerprint density at radius 2 is 2.05 bits per heavy atom. The Morgan fingerprint density at radius 1 is 1.24 bits per heavy atom. The van der Waals surface area contributed by atoms with Crippen molar-refractivity contribution in [3.63, 3.8) is 0 Å². The van der Waals surface area contributed by atoms with Crippen LogP contribution in [0.4, 0.5) is 0 Å². The summed E-state index contributed by atoms with van der Waals surface area (Å²) in [6.07, 6.45) is 1.75. The zero-order valence-corrected chi connectivity index (χ0v) is 11.9. The molecule has 2 heterocycles. The highest BCUT2D eigenvalue weighted by molar-refractivity contribution is 7.17. The van der Waals surface area contributed by atoms with Gasteiger partial charge in [-0.05, 0) is 29.1 Å². The van der Waals surface area contributed by atoms with Crippen molar-refractivity contribution in [1.82, 2.24) is 9.99 Å². The number of benzene rings is 1. The average Bonchev–Trinajstić information content (AvgIpc) is 2.99. The second-order valence-corrected chi connectivity index (χ2v) is 5.53. The molecule has 0 aliphatic rings. The summed E-state index contributed by atoms with van der Waals surface area (Å²) in [4.78, 5) is 24.1. The molecule has 0 fully saturated rings. The topological polar surface area (TPSA) is 77.1 Å². The second kappa shape index (κ2) is 5.51. The number of hydrazine groups is 1. The largest absolute Gasteiger partial charge is 0.310 e. The van der Waals surface area contributed by atoms with E-state index < -0.39 is 0 Å². The summed E-state index contributed by atoms with van der Waals surface area (Å²) in [7, 11) is 0. The quantitative estimate of drug-likeness (QED) is 0.439. The molecule has 0 saturated carbocycles. The Bertz CT molecular complexity index is 866. The molecule has 3 aromatic rings. The zero-order valence-electron chi connectivity index (χ0n) is 11.1. The molecule has 0 aliphatic heterocycles. The number of fused-ring (bicyclic) bond motifs is 1.